The van der Waals surface area contributed by atoms with Crippen LogP contribution >= 0.6 is 0 Å². The van der Waals surface area contributed by atoms with Crippen LogP contribution in [-0.4, -0.2) is 11.7 Å². The molecule has 0 unspecified atom stereocenters. The maximum atomic E-state index is 6.46. The minimum atomic E-state index is -0.203. The van der Waals surface area contributed by atoms with Crippen LogP contribution in [0, 0.1) is 6.92 Å². The molecular weight excluding hydrogens is 322 g/mol. The molecule has 3 heteroatoms. The van der Waals surface area contributed by atoms with Crippen LogP contribution in [0.5, 0.6) is 11.5 Å². The van der Waals surface area contributed by atoms with E-state index in [4.69, 9.17) is 9.47 Å². The van der Waals surface area contributed by atoms with E-state index in [-0.39, 0.29) is 6.23 Å². The molecule has 0 N–H and O–H groups in total. The fraction of sp³-hybridized carbons (Fsp3) is 0.130. The highest BCUT2D eigenvalue weighted by Gasteiger charge is 2.29. The lowest BCUT2D eigenvalue weighted by Crippen LogP contribution is -2.22. The third kappa shape index (κ3) is 2.21. The lowest BCUT2D eigenvalue weighted by Gasteiger charge is -2.30. The summed E-state index contributed by atoms with van der Waals surface area (Å²) in [5.74, 6) is 1.77. The first-order valence-corrected chi connectivity index (χ1v) is 8.76. The maximum Gasteiger partial charge on any atom is 0.203 e. The number of nitrogens with zero attached hydrogens (tertiary/aromatic N) is 1. The number of methoxy groups -OCH3 is 1. The van der Waals surface area contributed by atoms with Gasteiger partial charge in [0, 0.05) is 22.6 Å². The van der Waals surface area contributed by atoms with Crippen LogP contribution < -0.4 is 9.47 Å². The molecular formula is C23H19NO2. The number of aryl methyl sites for hydroxylation is 1. The summed E-state index contributed by atoms with van der Waals surface area (Å²) < 4.78 is 14.2. The van der Waals surface area contributed by atoms with E-state index in [0.717, 1.165) is 28.1 Å². The van der Waals surface area contributed by atoms with E-state index in [9.17, 15) is 0 Å². The highest BCUT2D eigenvalue weighted by Crippen LogP contribution is 2.44. The second-order valence-corrected chi connectivity index (χ2v) is 6.70. The number of hydrogen-bond donors (Lipinski definition) is 0. The molecule has 128 valence electrons. The van der Waals surface area contributed by atoms with Gasteiger partial charge in [0.25, 0.3) is 0 Å². The van der Waals surface area contributed by atoms with Crippen molar-refractivity contribution in [1.82, 2.24) is 4.57 Å². The van der Waals surface area contributed by atoms with Gasteiger partial charge < -0.3 is 14.0 Å². The Balaban J connectivity index is 1.83. The largest absolute Gasteiger partial charge is 0.497 e. The van der Waals surface area contributed by atoms with E-state index in [2.05, 4.69) is 72.2 Å². The molecule has 26 heavy (non-hydrogen) atoms. The van der Waals surface area contributed by atoms with Crippen LogP contribution in [-0.2, 0) is 0 Å². The van der Waals surface area contributed by atoms with Gasteiger partial charge in [0.15, 0.2) is 0 Å². The maximum absolute atomic E-state index is 6.46. The third-order valence-corrected chi connectivity index (χ3v) is 5.02. The van der Waals surface area contributed by atoms with Gasteiger partial charge in [-0.05, 0) is 37.3 Å². The molecule has 0 saturated heterocycles. The summed E-state index contributed by atoms with van der Waals surface area (Å²) in [6.07, 6.45) is -0.203. The topological polar surface area (TPSA) is 23.4 Å². The zero-order valence-electron chi connectivity index (χ0n) is 14.8. The van der Waals surface area contributed by atoms with Crippen molar-refractivity contribution in [2.45, 2.75) is 13.2 Å². The van der Waals surface area contributed by atoms with Gasteiger partial charge in [0.05, 0.1) is 18.3 Å². The minimum absolute atomic E-state index is 0.203. The first kappa shape index (κ1) is 15.1. The summed E-state index contributed by atoms with van der Waals surface area (Å²) in [6, 6.07) is 25.2. The fourth-order valence-electron chi connectivity index (χ4n) is 3.74. The molecule has 0 radical (unpaired) electrons. The normalized spacial score (nSPS) is 15.2. The molecule has 1 atom stereocenters. The Bertz CT molecular complexity index is 1110. The average Bonchev–Trinajstić information content (AvgIpc) is 3.07. The molecule has 0 saturated carbocycles. The SMILES string of the molecule is COc1ccc2cc3n(c2c1)[C@H](c1ccccc1)Oc1ccc(C)cc1-3. The van der Waals surface area contributed by atoms with Crippen LogP contribution in [0.3, 0.4) is 0 Å². The van der Waals surface area contributed by atoms with Crippen molar-refractivity contribution >= 4 is 10.9 Å². The van der Waals surface area contributed by atoms with Gasteiger partial charge in [-0.25, -0.2) is 0 Å². The van der Waals surface area contributed by atoms with Crippen molar-refractivity contribution in [2.75, 3.05) is 7.11 Å². The number of ether oxygens (including phenoxy) is 2. The quantitative estimate of drug-likeness (QED) is 0.476. The van der Waals surface area contributed by atoms with Crippen molar-refractivity contribution < 1.29 is 9.47 Å². The van der Waals surface area contributed by atoms with Crippen molar-refractivity contribution in [1.29, 1.82) is 0 Å². The molecule has 0 bridgehead atoms. The molecule has 0 aliphatic carbocycles. The number of fused-ring (bicyclic) bond motifs is 5. The predicted octanol–water partition coefficient (Wildman–Crippen LogP) is 5.56. The Morgan fingerprint density at radius 2 is 1.77 bits per heavy atom. The van der Waals surface area contributed by atoms with Crippen LogP contribution in [0.2, 0.25) is 0 Å². The Morgan fingerprint density at radius 3 is 2.58 bits per heavy atom. The van der Waals surface area contributed by atoms with Gasteiger partial charge in [-0.3, -0.25) is 0 Å². The van der Waals surface area contributed by atoms with Crippen molar-refractivity contribution in [2.24, 2.45) is 0 Å². The second-order valence-electron chi connectivity index (χ2n) is 6.70. The summed E-state index contributed by atoms with van der Waals surface area (Å²) in [7, 11) is 1.70. The first-order chi connectivity index (χ1) is 12.7. The molecule has 0 fully saturated rings. The number of rotatable bonds is 2. The average molecular weight is 341 g/mol. The van der Waals surface area contributed by atoms with Crippen LogP contribution in [0.15, 0.2) is 72.8 Å². The summed E-state index contributed by atoms with van der Waals surface area (Å²) in [5.41, 5.74) is 5.76. The smallest absolute Gasteiger partial charge is 0.203 e. The van der Waals surface area contributed by atoms with E-state index >= 15 is 0 Å². The van der Waals surface area contributed by atoms with E-state index in [0.29, 0.717) is 0 Å². The third-order valence-electron chi connectivity index (χ3n) is 5.02. The molecule has 4 aromatic rings. The second kappa shape index (κ2) is 5.67. The Labute approximate surface area is 152 Å². The molecule has 1 aliphatic heterocycles. The molecule has 3 nitrogen and oxygen atoms in total. The number of benzene rings is 3. The van der Waals surface area contributed by atoms with Gasteiger partial charge in [0.1, 0.15) is 11.5 Å². The van der Waals surface area contributed by atoms with E-state index < -0.39 is 0 Å². The minimum Gasteiger partial charge on any atom is -0.497 e. The van der Waals surface area contributed by atoms with Crippen LogP contribution in [0.4, 0.5) is 0 Å². The van der Waals surface area contributed by atoms with Gasteiger partial charge in [-0.1, -0.05) is 42.0 Å². The highest BCUT2D eigenvalue weighted by molar-refractivity contribution is 5.90. The first-order valence-electron chi connectivity index (χ1n) is 8.76. The van der Waals surface area contributed by atoms with Crippen molar-refractivity contribution in [3.63, 3.8) is 0 Å². The standard InChI is InChI=1S/C23H19NO2/c1-15-8-11-22-19(12-15)21-13-17-9-10-18(25-2)14-20(17)24(21)23(26-22)16-6-4-3-5-7-16/h3-14,23H,1-2H3/t23-/m0/s1. The Morgan fingerprint density at radius 1 is 0.923 bits per heavy atom. The highest BCUT2D eigenvalue weighted by atomic mass is 16.5. The summed E-state index contributed by atoms with van der Waals surface area (Å²) in [5, 5.41) is 1.18. The van der Waals surface area contributed by atoms with Gasteiger partial charge >= 0.3 is 0 Å². The molecule has 0 spiro atoms. The summed E-state index contributed by atoms with van der Waals surface area (Å²) in [4.78, 5) is 0. The molecule has 3 aromatic carbocycles. The predicted molar refractivity (Wildman–Crippen MR) is 104 cm³/mol. The van der Waals surface area contributed by atoms with E-state index in [1.54, 1.807) is 7.11 Å². The molecule has 2 heterocycles. The fourth-order valence-corrected chi connectivity index (χ4v) is 3.74. The van der Waals surface area contributed by atoms with Gasteiger partial charge in [-0.2, -0.15) is 0 Å². The number of hydrogen-bond acceptors (Lipinski definition) is 2. The summed E-state index contributed by atoms with van der Waals surface area (Å²) in [6.45, 7) is 2.11. The summed E-state index contributed by atoms with van der Waals surface area (Å²) >= 11 is 0. The Kier molecular flexibility index (Phi) is 3.29. The van der Waals surface area contributed by atoms with Gasteiger partial charge in [0.2, 0.25) is 6.23 Å². The van der Waals surface area contributed by atoms with Crippen molar-refractivity contribution in [3.05, 3.63) is 83.9 Å². The monoisotopic (exact) mass is 341 g/mol. The molecule has 0 amide bonds. The molecule has 1 aromatic heterocycles. The van der Waals surface area contributed by atoms with Gasteiger partial charge in [-0.15, -0.1) is 0 Å². The lowest BCUT2D eigenvalue weighted by atomic mass is 10.0. The van der Waals surface area contributed by atoms with Crippen molar-refractivity contribution in [3.8, 4) is 22.8 Å². The molecule has 5 rings (SSSR count). The van der Waals surface area contributed by atoms with Crippen LogP contribution in [0.1, 0.15) is 17.4 Å². The van der Waals surface area contributed by atoms with E-state index in [1.807, 2.05) is 12.1 Å². The lowest BCUT2D eigenvalue weighted by molar-refractivity contribution is 0.173. The van der Waals surface area contributed by atoms with Crippen LogP contribution in [0.25, 0.3) is 22.2 Å². The number of aromatic nitrogens is 1. The molecule has 1 aliphatic rings. The Hall–Kier alpha value is -3.20. The van der Waals surface area contributed by atoms with E-state index in [1.165, 1.54) is 16.6 Å². The zero-order valence-corrected chi connectivity index (χ0v) is 14.8. The zero-order chi connectivity index (χ0) is 17.7.